The van der Waals surface area contributed by atoms with Crippen LogP contribution in [0.5, 0.6) is 0 Å². The van der Waals surface area contributed by atoms with Crippen LogP contribution in [0.1, 0.15) is 258 Å². The maximum Gasteiger partial charge on any atom is 0.472 e. The number of phosphoric ester groups is 1. The first-order chi connectivity index (χ1) is 34.4. The summed E-state index contributed by atoms with van der Waals surface area (Å²) in [5.74, 6) is -1.14. The van der Waals surface area contributed by atoms with Crippen LogP contribution in [-0.4, -0.2) is 98.3 Å². The molecular weight excluding hydrogens is 924 g/mol. The molecule has 8 atom stereocenters. The molecule has 1 saturated carbocycles. The molecule has 14 heteroatoms. The highest BCUT2D eigenvalue weighted by Crippen LogP contribution is 2.47. The van der Waals surface area contributed by atoms with Gasteiger partial charge in [0.1, 0.15) is 43.2 Å². The van der Waals surface area contributed by atoms with Gasteiger partial charge in [-0.3, -0.25) is 18.6 Å². The van der Waals surface area contributed by atoms with E-state index in [2.05, 4.69) is 44.2 Å². The van der Waals surface area contributed by atoms with Crippen LogP contribution < -0.4 is 0 Å². The number of aliphatic hydroxyl groups is 5. The molecule has 416 valence electrons. The Morgan fingerprint density at radius 1 is 0.423 bits per heavy atom. The van der Waals surface area contributed by atoms with E-state index >= 15 is 0 Å². The number of hydrogen-bond donors (Lipinski definition) is 6. The molecule has 6 N–H and O–H groups in total. The maximum atomic E-state index is 12.9. The largest absolute Gasteiger partial charge is 0.472 e. The van der Waals surface area contributed by atoms with Gasteiger partial charge in [0.15, 0.2) is 6.10 Å². The van der Waals surface area contributed by atoms with Crippen molar-refractivity contribution in [3.05, 3.63) is 36.5 Å². The van der Waals surface area contributed by atoms with Gasteiger partial charge in [0.05, 0.1) is 6.61 Å². The van der Waals surface area contributed by atoms with Crippen LogP contribution in [0, 0.1) is 0 Å². The van der Waals surface area contributed by atoms with Gasteiger partial charge in [-0.25, -0.2) is 4.57 Å². The second-order valence-electron chi connectivity index (χ2n) is 20.1. The molecule has 0 bridgehead atoms. The number of esters is 2. The summed E-state index contributed by atoms with van der Waals surface area (Å²) >= 11 is 0. The fraction of sp³-hybridized carbons (Fsp3) is 0.860. The Hall–Kier alpha value is -1.93. The van der Waals surface area contributed by atoms with E-state index in [1.54, 1.807) is 0 Å². The van der Waals surface area contributed by atoms with Crippen molar-refractivity contribution in [3.63, 3.8) is 0 Å². The molecule has 71 heavy (non-hydrogen) atoms. The summed E-state index contributed by atoms with van der Waals surface area (Å²) in [7, 11) is -5.13. The van der Waals surface area contributed by atoms with Crippen molar-refractivity contribution in [3.8, 4) is 0 Å². The molecule has 0 radical (unpaired) electrons. The van der Waals surface area contributed by atoms with Crippen molar-refractivity contribution in [2.75, 3.05) is 13.2 Å². The molecule has 0 saturated heterocycles. The molecule has 0 aromatic carbocycles. The third-order valence-corrected chi connectivity index (χ3v) is 14.4. The summed E-state index contributed by atoms with van der Waals surface area (Å²) in [4.78, 5) is 35.9. The quantitative estimate of drug-likeness (QED) is 0.0145. The topological polar surface area (TPSA) is 210 Å². The zero-order chi connectivity index (χ0) is 52.1. The lowest BCUT2D eigenvalue weighted by molar-refractivity contribution is -0.220. The van der Waals surface area contributed by atoms with E-state index in [1.165, 1.54) is 161 Å². The van der Waals surface area contributed by atoms with Crippen LogP contribution in [0.3, 0.4) is 0 Å². The number of unbranched alkanes of at least 4 members (excludes halogenated alkanes) is 31. The van der Waals surface area contributed by atoms with E-state index in [-0.39, 0.29) is 12.8 Å². The van der Waals surface area contributed by atoms with E-state index in [1.807, 2.05) is 6.08 Å². The highest BCUT2D eigenvalue weighted by atomic mass is 31.2. The van der Waals surface area contributed by atoms with Gasteiger partial charge in [-0.15, -0.1) is 0 Å². The van der Waals surface area contributed by atoms with Gasteiger partial charge in [-0.2, -0.15) is 0 Å². The molecule has 1 aliphatic carbocycles. The summed E-state index contributed by atoms with van der Waals surface area (Å²) in [5.41, 5.74) is 0. The monoisotopic (exact) mass is 1030 g/mol. The van der Waals surface area contributed by atoms with E-state index in [4.69, 9.17) is 18.5 Å². The van der Waals surface area contributed by atoms with Crippen LogP contribution in [0.2, 0.25) is 0 Å². The van der Waals surface area contributed by atoms with Gasteiger partial charge in [0.2, 0.25) is 0 Å². The number of hydrogen-bond acceptors (Lipinski definition) is 12. The average molecular weight is 1030 g/mol. The third kappa shape index (κ3) is 38.3. The van der Waals surface area contributed by atoms with Crippen LogP contribution in [0.4, 0.5) is 0 Å². The molecule has 0 aromatic rings. The predicted octanol–water partition coefficient (Wildman–Crippen LogP) is 13.3. The van der Waals surface area contributed by atoms with Gasteiger partial charge in [0, 0.05) is 12.8 Å². The van der Waals surface area contributed by atoms with E-state index in [0.29, 0.717) is 19.3 Å². The Balaban J connectivity index is 2.36. The standard InChI is InChI=1S/C57H105O13P/c1-3-5-7-9-11-13-15-17-19-21-23-24-25-26-28-29-31-33-35-37-39-41-43-45-50(58)67-47-49(48-68-71(65,66)70-57-55(63)53(61)52(60)54(62)56(57)64)69-51(59)46-44-42-40-38-36-34-32-30-27-22-20-18-16-14-12-10-8-6-4-2/h18,20,29,31,37,39,49,52-57,60-64H,3-17,19,21-28,30,32-36,38,40-48H2,1-2H3,(H,65,66)/b20-18+,31-29+,39-37+/t49-,52?,53-,54?,55?,56?,57?/m0/s1. The van der Waals surface area contributed by atoms with E-state index < -0.39 is 75.7 Å². The molecule has 0 aromatic heterocycles. The lowest BCUT2D eigenvalue weighted by atomic mass is 9.85. The molecule has 6 unspecified atom stereocenters. The molecule has 0 amide bonds. The summed E-state index contributed by atoms with van der Waals surface area (Å²) in [6.45, 7) is 3.31. The molecule has 1 fully saturated rings. The fourth-order valence-corrected chi connectivity index (χ4v) is 9.81. The molecular formula is C57H105O13P. The summed E-state index contributed by atoms with van der Waals surface area (Å²) < 4.78 is 33.7. The minimum atomic E-state index is -5.13. The first kappa shape index (κ1) is 67.1. The number of carbonyl (C=O) groups is 2. The third-order valence-electron chi connectivity index (χ3n) is 13.4. The summed E-state index contributed by atoms with van der Waals surface area (Å²) in [6, 6.07) is 0. The van der Waals surface area contributed by atoms with Crippen LogP contribution in [0.25, 0.3) is 0 Å². The normalized spacial score (nSPS) is 20.8. The van der Waals surface area contributed by atoms with Crippen molar-refractivity contribution in [1.29, 1.82) is 0 Å². The first-order valence-electron chi connectivity index (χ1n) is 28.8. The zero-order valence-electron chi connectivity index (χ0n) is 44.8. The summed E-state index contributed by atoms with van der Waals surface area (Å²) in [5, 5.41) is 50.4. The maximum absolute atomic E-state index is 12.9. The smallest absolute Gasteiger partial charge is 0.462 e. The minimum absolute atomic E-state index is 0.0876. The van der Waals surface area contributed by atoms with Crippen molar-refractivity contribution in [2.24, 2.45) is 0 Å². The van der Waals surface area contributed by atoms with E-state index in [9.17, 15) is 44.6 Å². The Morgan fingerprint density at radius 2 is 0.746 bits per heavy atom. The second-order valence-corrected chi connectivity index (χ2v) is 21.5. The highest BCUT2D eigenvalue weighted by molar-refractivity contribution is 7.47. The van der Waals surface area contributed by atoms with Gasteiger partial charge < -0.3 is 39.9 Å². The fourth-order valence-electron chi connectivity index (χ4n) is 8.83. The lowest BCUT2D eigenvalue weighted by Gasteiger charge is -2.41. The van der Waals surface area contributed by atoms with Crippen LogP contribution in [0.15, 0.2) is 36.5 Å². The molecule has 0 aliphatic heterocycles. The molecule has 1 aliphatic rings. The van der Waals surface area contributed by atoms with Crippen molar-refractivity contribution in [2.45, 2.75) is 301 Å². The number of aliphatic hydroxyl groups excluding tert-OH is 5. The van der Waals surface area contributed by atoms with Gasteiger partial charge in [0.25, 0.3) is 0 Å². The molecule has 0 heterocycles. The summed E-state index contributed by atoms with van der Waals surface area (Å²) in [6.07, 6.45) is 43.5. The van der Waals surface area contributed by atoms with Gasteiger partial charge >= 0.3 is 19.8 Å². The zero-order valence-corrected chi connectivity index (χ0v) is 45.7. The number of phosphoric acid groups is 1. The minimum Gasteiger partial charge on any atom is -0.462 e. The Kier molecular flexibility index (Phi) is 44.0. The SMILES string of the molecule is CCCCCCCC/C=C/CCCCCCCCCCCC(=O)O[C@@H](COC(=O)CCC/C=C/CC/C=C/CCCCCCCCCCCCCCCC)COP(=O)(O)OC1C(O)C(O)C(O)[C@H](O)C1O. The van der Waals surface area contributed by atoms with Crippen LogP contribution >= 0.6 is 7.82 Å². The molecule has 13 nitrogen and oxygen atoms in total. The predicted molar refractivity (Wildman–Crippen MR) is 286 cm³/mol. The van der Waals surface area contributed by atoms with Crippen LogP contribution in [-0.2, 0) is 32.7 Å². The Bertz CT molecular complexity index is 1380. The molecule has 0 spiro atoms. The molecule has 1 rings (SSSR count). The number of allylic oxidation sites excluding steroid dienone is 6. The van der Waals surface area contributed by atoms with Crippen molar-refractivity contribution in [1.82, 2.24) is 0 Å². The average Bonchev–Trinajstić information content (AvgIpc) is 3.35. The van der Waals surface area contributed by atoms with E-state index in [0.717, 1.165) is 51.4 Å². The Morgan fingerprint density at radius 3 is 1.15 bits per heavy atom. The van der Waals surface area contributed by atoms with Gasteiger partial charge in [-0.1, -0.05) is 211 Å². The van der Waals surface area contributed by atoms with Crippen molar-refractivity contribution < 1.29 is 63.1 Å². The van der Waals surface area contributed by atoms with Crippen molar-refractivity contribution >= 4 is 19.8 Å². The van der Waals surface area contributed by atoms with Gasteiger partial charge in [-0.05, 0) is 70.6 Å². The number of carbonyl (C=O) groups excluding carboxylic acids is 2. The number of ether oxygens (including phenoxy) is 2. The highest BCUT2D eigenvalue weighted by Gasteiger charge is 2.51. The second kappa shape index (κ2) is 46.6. The first-order valence-corrected chi connectivity index (χ1v) is 30.3. The number of rotatable bonds is 49. The Labute approximate surface area is 431 Å². The lowest BCUT2D eigenvalue weighted by Crippen LogP contribution is -2.64.